The van der Waals surface area contributed by atoms with Crippen molar-refractivity contribution in [1.82, 2.24) is 9.97 Å². The van der Waals surface area contributed by atoms with E-state index in [0.29, 0.717) is 52.3 Å². The zero-order chi connectivity index (χ0) is 25.4. The van der Waals surface area contributed by atoms with E-state index < -0.39 is 5.92 Å². The molecule has 1 aliphatic rings. The summed E-state index contributed by atoms with van der Waals surface area (Å²) in [5.41, 5.74) is 4.74. The molecule has 0 bridgehead atoms. The van der Waals surface area contributed by atoms with Crippen molar-refractivity contribution in [1.29, 1.82) is 0 Å². The van der Waals surface area contributed by atoms with Crippen molar-refractivity contribution in [2.75, 3.05) is 7.11 Å². The SMILES string of the molecule is COc1ccc(C2C(=O)c3ccc(OCc4ccccc4)cc3C2=O)c2nc(Cc3ccccc3)[nH]c12. The van der Waals surface area contributed by atoms with E-state index in [-0.39, 0.29) is 11.6 Å². The second-order valence-electron chi connectivity index (χ2n) is 9.07. The Kier molecular flexibility index (Phi) is 5.77. The molecule has 0 amide bonds. The van der Waals surface area contributed by atoms with E-state index in [0.717, 1.165) is 17.0 Å². The molecule has 37 heavy (non-hydrogen) atoms. The number of ether oxygens (including phenoxy) is 2. The molecule has 1 heterocycles. The maximum absolute atomic E-state index is 13.6. The van der Waals surface area contributed by atoms with E-state index >= 15 is 0 Å². The zero-order valence-corrected chi connectivity index (χ0v) is 20.2. The summed E-state index contributed by atoms with van der Waals surface area (Å²) in [4.78, 5) is 35.2. The minimum Gasteiger partial charge on any atom is -0.494 e. The molecule has 0 spiro atoms. The molecule has 0 radical (unpaired) electrons. The van der Waals surface area contributed by atoms with Gasteiger partial charge in [0.15, 0.2) is 11.6 Å². The predicted octanol–water partition coefficient (Wildman–Crippen LogP) is 5.90. The lowest BCUT2D eigenvalue weighted by Gasteiger charge is -2.10. The fourth-order valence-corrected chi connectivity index (χ4v) is 4.90. The van der Waals surface area contributed by atoms with Gasteiger partial charge in [-0.25, -0.2) is 4.98 Å². The summed E-state index contributed by atoms with van der Waals surface area (Å²) in [6.45, 7) is 0.377. The molecule has 0 saturated carbocycles. The number of benzene rings is 4. The van der Waals surface area contributed by atoms with Crippen LogP contribution in [0.5, 0.6) is 11.5 Å². The number of hydrogen-bond donors (Lipinski definition) is 1. The van der Waals surface area contributed by atoms with Gasteiger partial charge in [-0.15, -0.1) is 0 Å². The second kappa shape index (κ2) is 9.39. The lowest BCUT2D eigenvalue weighted by Crippen LogP contribution is -2.13. The van der Waals surface area contributed by atoms with Crippen molar-refractivity contribution in [3.63, 3.8) is 0 Å². The van der Waals surface area contributed by atoms with Gasteiger partial charge in [0.1, 0.15) is 35.4 Å². The summed E-state index contributed by atoms with van der Waals surface area (Å²) in [6.07, 6.45) is 0.590. The first-order chi connectivity index (χ1) is 18.1. The Labute approximate surface area is 213 Å². The quantitative estimate of drug-likeness (QED) is 0.288. The maximum Gasteiger partial charge on any atom is 0.179 e. The van der Waals surface area contributed by atoms with E-state index in [1.165, 1.54) is 0 Å². The van der Waals surface area contributed by atoms with E-state index in [4.69, 9.17) is 14.5 Å². The highest BCUT2D eigenvalue weighted by atomic mass is 16.5. The molecule has 4 aromatic carbocycles. The Hall–Kier alpha value is -4.71. The Morgan fingerprint density at radius 1 is 0.811 bits per heavy atom. The maximum atomic E-state index is 13.6. The number of ketones is 2. The van der Waals surface area contributed by atoms with Gasteiger partial charge < -0.3 is 14.5 Å². The number of carbonyl (C=O) groups excluding carboxylic acids is 2. The highest BCUT2D eigenvalue weighted by Gasteiger charge is 2.41. The summed E-state index contributed by atoms with van der Waals surface area (Å²) in [7, 11) is 1.59. The van der Waals surface area contributed by atoms with Crippen LogP contribution in [-0.2, 0) is 13.0 Å². The summed E-state index contributed by atoms with van der Waals surface area (Å²) in [5, 5.41) is 0. The minimum atomic E-state index is -0.958. The third-order valence-corrected chi connectivity index (χ3v) is 6.73. The van der Waals surface area contributed by atoms with Crippen molar-refractivity contribution in [3.8, 4) is 11.5 Å². The zero-order valence-electron chi connectivity index (χ0n) is 20.2. The van der Waals surface area contributed by atoms with Crippen molar-refractivity contribution in [2.45, 2.75) is 18.9 Å². The number of Topliss-reactive ketones (excluding diaryl/α,β-unsaturated/α-hetero) is 2. The Bertz CT molecular complexity index is 1620. The lowest BCUT2D eigenvalue weighted by molar-refractivity contribution is 0.0890. The molecule has 0 saturated heterocycles. The second-order valence-corrected chi connectivity index (χ2v) is 9.07. The van der Waals surface area contributed by atoms with E-state index in [1.807, 2.05) is 60.7 Å². The molecule has 1 aliphatic carbocycles. The molecule has 5 aromatic rings. The number of hydrogen-bond acceptors (Lipinski definition) is 5. The number of methoxy groups -OCH3 is 1. The van der Waals surface area contributed by atoms with Crippen LogP contribution in [0.3, 0.4) is 0 Å². The summed E-state index contributed by atoms with van der Waals surface area (Å²) in [6, 6.07) is 28.4. The molecule has 182 valence electrons. The van der Waals surface area contributed by atoms with Crippen molar-refractivity contribution in [2.24, 2.45) is 0 Å². The van der Waals surface area contributed by atoms with Gasteiger partial charge in [0.05, 0.1) is 12.6 Å². The molecular weight excluding hydrogens is 464 g/mol. The summed E-state index contributed by atoms with van der Waals surface area (Å²) >= 11 is 0. The number of nitrogens with one attached hydrogen (secondary N) is 1. The van der Waals surface area contributed by atoms with Crippen LogP contribution in [0.4, 0.5) is 0 Å². The monoisotopic (exact) mass is 488 g/mol. The third-order valence-electron chi connectivity index (χ3n) is 6.73. The number of aromatic amines is 1. The van der Waals surface area contributed by atoms with Crippen molar-refractivity contribution < 1.29 is 19.1 Å². The first-order valence-electron chi connectivity index (χ1n) is 12.1. The molecule has 6 nitrogen and oxygen atoms in total. The molecule has 1 aromatic heterocycles. The highest BCUT2D eigenvalue weighted by Crippen LogP contribution is 2.40. The third kappa shape index (κ3) is 4.16. The standard InChI is InChI=1S/C31H24N2O4/c1-36-25-15-14-23(28-29(25)33-26(32-28)16-19-8-4-2-5-9-19)27-30(34)22-13-12-21(17-24(22)31(27)35)37-18-20-10-6-3-7-11-20/h2-15,17,27H,16,18H2,1H3,(H,32,33). The number of H-pyrrole nitrogens is 1. The molecule has 0 fully saturated rings. The van der Waals surface area contributed by atoms with Gasteiger partial charge in [-0.2, -0.15) is 0 Å². The van der Waals surface area contributed by atoms with Crippen LogP contribution < -0.4 is 9.47 Å². The van der Waals surface area contributed by atoms with Crippen molar-refractivity contribution >= 4 is 22.6 Å². The number of fused-ring (bicyclic) bond motifs is 2. The van der Waals surface area contributed by atoms with Gasteiger partial charge in [-0.05, 0) is 41.0 Å². The van der Waals surface area contributed by atoms with Gasteiger partial charge in [-0.1, -0.05) is 66.7 Å². The first-order valence-corrected chi connectivity index (χ1v) is 12.1. The molecule has 1 N–H and O–H groups in total. The molecular formula is C31H24N2O4. The number of carbonyl (C=O) groups is 2. The van der Waals surface area contributed by atoms with Crippen molar-refractivity contribution in [3.05, 3.63) is 125 Å². The fraction of sp³-hybridized carbons (Fsp3) is 0.129. The largest absolute Gasteiger partial charge is 0.494 e. The lowest BCUT2D eigenvalue weighted by atomic mass is 9.93. The molecule has 1 atom stereocenters. The summed E-state index contributed by atoms with van der Waals surface area (Å²) in [5.74, 6) is 0.462. The first kappa shape index (κ1) is 22.7. The molecule has 6 rings (SSSR count). The van der Waals surface area contributed by atoms with E-state index in [9.17, 15) is 9.59 Å². The van der Waals surface area contributed by atoms with Crippen LogP contribution in [0.25, 0.3) is 11.0 Å². The Balaban J connectivity index is 1.33. The van der Waals surface area contributed by atoms with Crippen LogP contribution in [0, 0.1) is 0 Å². The minimum absolute atomic E-state index is 0.228. The van der Waals surface area contributed by atoms with Gasteiger partial charge in [-0.3, -0.25) is 9.59 Å². The van der Waals surface area contributed by atoms with Crippen LogP contribution >= 0.6 is 0 Å². The highest BCUT2D eigenvalue weighted by molar-refractivity contribution is 6.30. The Morgan fingerprint density at radius 3 is 2.24 bits per heavy atom. The van der Waals surface area contributed by atoms with E-state index in [1.54, 1.807) is 37.4 Å². The topological polar surface area (TPSA) is 81.3 Å². The average molecular weight is 489 g/mol. The van der Waals surface area contributed by atoms with Crippen LogP contribution in [0.15, 0.2) is 91.0 Å². The van der Waals surface area contributed by atoms with Crippen LogP contribution in [-0.4, -0.2) is 28.6 Å². The van der Waals surface area contributed by atoms with Crippen LogP contribution in [0.1, 0.15) is 49.1 Å². The Morgan fingerprint density at radius 2 is 1.51 bits per heavy atom. The van der Waals surface area contributed by atoms with Crippen LogP contribution in [0.2, 0.25) is 0 Å². The van der Waals surface area contributed by atoms with Gasteiger partial charge in [0.2, 0.25) is 0 Å². The number of imidazole rings is 1. The van der Waals surface area contributed by atoms with Gasteiger partial charge >= 0.3 is 0 Å². The number of nitrogens with zero attached hydrogens (tertiary/aromatic N) is 1. The van der Waals surface area contributed by atoms with E-state index in [2.05, 4.69) is 4.98 Å². The molecule has 6 heteroatoms. The van der Waals surface area contributed by atoms with Gasteiger partial charge in [0.25, 0.3) is 0 Å². The number of aromatic nitrogens is 2. The molecule has 1 unspecified atom stereocenters. The van der Waals surface area contributed by atoms with Gasteiger partial charge in [0, 0.05) is 17.5 Å². The average Bonchev–Trinajstić information content (AvgIpc) is 3.46. The summed E-state index contributed by atoms with van der Waals surface area (Å²) < 4.78 is 11.5. The smallest absolute Gasteiger partial charge is 0.179 e. The predicted molar refractivity (Wildman–Crippen MR) is 141 cm³/mol. The number of rotatable bonds is 7. The molecule has 0 aliphatic heterocycles. The normalized spacial score (nSPS) is 14.7. The fourth-order valence-electron chi connectivity index (χ4n) is 4.90.